The van der Waals surface area contributed by atoms with Crippen molar-refractivity contribution in [3.05, 3.63) is 22.5 Å². The van der Waals surface area contributed by atoms with Crippen molar-refractivity contribution < 1.29 is 4.79 Å². The summed E-state index contributed by atoms with van der Waals surface area (Å²) >= 11 is 0. The van der Waals surface area contributed by atoms with Gasteiger partial charge in [0.2, 0.25) is 0 Å². The Kier molecular flexibility index (Phi) is 1.97. The van der Waals surface area contributed by atoms with Crippen molar-refractivity contribution in [3.63, 3.8) is 0 Å². The molecule has 2 aromatic rings. The van der Waals surface area contributed by atoms with E-state index in [-0.39, 0.29) is 17.0 Å². The quantitative estimate of drug-likeness (QED) is 0.717. The first-order valence-electron chi connectivity index (χ1n) is 5.27. The van der Waals surface area contributed by atoms with Crippen LogP contribution in [0.1, 0.15) is 23.3 Å². The molecule has 2 N–H and O–H groups in total. The number of fused-ring (bicyclic) bond motifs is 1. The maximum Gasteiger partial charge on any atom is 0.352 e. The fourth-order valence-corrected chi connectivity index (χ4v) is 1.67. The predicted octanol–water partition coefficient (Wildman–Crippen LogP) is -1.21. The van der Waals surface area contributed by atoms with Crippen molar-refractivity contribution in [3.8, 4) is 0 Å². The van der Waals surface area contributed by atoms with Crippen molar-refractivity contribution in [2.24, 2.45) is 11.7 Å². The van der Waals surface area contributed by atoms with Crippen LogP contribution in [0, 0.1) is 5.92 Å². The summed E-state index contributed by atoms with van der Waals surface area (Å²) in [4.78, 5) is 26.8. The SMILES string of the molecule is NC(=O)c1ncn2c(=O)n(CC3CC3)nnc12. The Morgan fingerprint density at radius 1 is 1.53 bits per heavy atom. The first-order chi connectivity index (χ1) is 8.16. The maximum atomic E-state index is 12.0. The zero-order valence-corrected chi connectivity index (χ0v) is 8.91. The molecule has 1 saturated carbocycles. The number of imidazole rings is 1. The highest BCUT2D eigenvalue weighted by molar-refractivity contribution is 5.96. The average molecular weight is 234 g/mol. The Bertz CT molecular complexity index is 653. The molecule has 0 unspecified atom stereocenters. The van der Waals surface area contributed by atoms with Crippen molar-refractivity contribution >= 4 is 11.6 Å². The topological polar surface area (TPSA) is 108 Å². The zero-order valence-electron chi connectivity index (χ0n) is 8.91. The molecular formula is C9H10N6O2. The van der Waals surface area contributed by atoms with Crippen LogP contribution in [-0.4, -0.2) is 30.3 Å². The summed E-state index contributed by atoms with van der Waals surface area (Å²) in [6.45, 7) is 0.561. The van der Waals surface area contributed by atoms with E-state index in [1.807, 2.05) is 0 Å². The van der Waals surface area contributed by atoms with Crippen molar-refractivity contribution in [2.75, 3.05) is 0 Å². The zero-order chi connectivity index (χ0) is 12.0. The average Bonchev–Trinajstić information content (AvgIpc) is 2.98. The molecule has 0 aromatic carbocycles. The van der Waals surface area contributed by atoms with Crippen LogP contribution >= 0.6 is 0 Å². The minimum absolute atomic E-state index is 0.0341. The van der Waals surface area contributed by atoms with Crippen LogP contribution in [0.4, 0.5) is 0 Å². The lowest BCUT2D eigenvalue weighted by Gasteiger charge is -2.01. The number of nitrogens with zero attached hydrogens (tertiary/aromatic N) is 5. The monoisotopic (exact) mass is 234 g/mol. The van der Waals surface area contributed by atoms with Crippen molar-refractivity contribution in [1.29, 1.82) is 0 Å². The molecule has 1 fully saturated rings. The fourth-order valence-electron chi connectivity index (χ4n) is 1.67. The second-order valence-corrected chi connectivity index (χ2v) is 4.15. The van der Waals surface area contributed by atoms with Crippen LogP contribution in [-0.2, 0) is 6.54 Å². The van der Waals surface area contributed by atoms with E-state index in [1.54, 1.807) is 0 Å². The third-order valence-corrected chi connectivity index (χ3v) is 2.78. The van der Waals surface area contributed by atoms with Gasteiger partial charge in [-0.3, -0.25) is 4.79 Å². The van der Waals surface area contributed by atoms with Gasteiger partial charge in [0.1, 0.15) is 6.33 Å². The molecule has 2 aromatic heterocycles. The second kappa shape index (κ2) is 3.37. The highest BCUT2D eigenvalue weighted by atomic mass is 16.2. The molecule has 0 spiro atoms. The number of primary amides is 1. The summed E-state index contributed by atoms with van der Waals surface area (Å²) in [6, 6.07) is 0. The van der Waals surface area contributed by atoms with Gasteiger partial charge in [-0.25, -0.2) is 14.2 Å². The Morgan fingerprint density at radius 2 is 2.29 bits per heavy atom. The smallest absolute Gasteiger partial charge is 0.352 e. The molecule has 0 radical (unpaired) electrons. The molecule has 17 heavy (non-hydrogen) atoms. The number of hydrogen-bond donors (Lipinski definition) is 1. The first-order valence-corrected chi connectivity index (χ1v) is 5.27. The molecule has 1 aliphatic rings. The lowest BCUT2D eigenvalue weighted by atomic mass is 10.4. The fraction of sp³-hybridized carbons (Fsp3) is 0.444. The molecule has 2 heterocycles. The van der Waals surface area contributed by atoms with Gasteiger partial charge >= 0.3 is 5.69 Å². The summed E-state index contributed by atoms with van der Waals surface area (Å²) in [5.74, 6) is -0.209. The molecule has 0 aliphatic heterocycles. The maximum absolute atomic E-state index is 12.0. The lowest BCUT2D eigenvalue weighted by Crippen LogP contribution is -2.30. The largest absolute Gasteiger partial charge is 0.364 e. The number of carbonyl (C=O) groups excluding carboxylic acids is 1. The van der Waals surface area contributed by atoms with Crippen LogP contribution in [0.25, 0.3) is 5.65 Å². The van der Waals surface area contributed by atoms with E-state index in [0.717, 1.165) is 12.8 Å². The van der Waals surface area contributed by atoms with E-state index in [4.69, 9.17) is 5.73 Å². The predicted molar refractivity (Wildman–Crippen MR) is 56.3 cm³/mol. The van der Waals surface area contributed by atoms with Gasteiger partial charge in [0.25, 0.3) is 5.91 Å². The minimum atomic E-state index is -0.721. The van der Waals surface area contributed by atoms with Crippen LogP contribution in [0.5, 0.6) is 0 Å². The van der Waals surface area contributed by atoms with E-state index in [9.17, 15) is 9.59 Å². The first kappa shape index (κ1) is 9.94. The summed E-state index contributed by atoms with van der Waals surface area (Å²) in [7, 11) is 0. The van der Waals surface area contributed by atoms with E-state index in [0.29, 0.717) is 12.5 Å². The molecule has 1 amide bonds. The Balaban J connectivity index is 2.14. The van der Waals surface area contributed by atoms with Gasteiger partial charge < -0.3 is 5.73 Å². The summed E-state index contributed by atoms with van der Waals surface area (Å²) in [5.41, 5.74) is 4.84. The lowest BCUT2D eigenvalue weighted by molar-refractivity contribution is 0.0997. The summed E-state index contributed by atoms with van der Waals surface area (Å²) in [6.07, 6.45) is 3.47. The number of hydrogen-bond acceptors (Lipinski definition) is 5. The van der Waals surface area contributed by atoms with Crippen LogP contribution in [0.2, 0.25) is 0 Å². The van der Waals surface area contributed by atoms with Crippen LogP contribution < -0.4 is 11.4 Å². The second-order valence-electron chi connectivity index (χ2n) is 4.15. The number of nitrogens with two attached hydrogens (primary N) is 1. The molecule has 0 bridgehead atoms. The Labute approximate surface area is 95.1 Å². The van der Waals surface area contributed by atoms with Crippen LogP contribution in [0.15, 0.2) is 11.1 Å². The van der Waals surface area contributed by atoms with E-state index in [1.165, 1.54) is 15.4 Å². The van der Waals surface area contributed by atoms with Gasteiger partial charge in [0, 0.05) is 0 Å². The van der Waals surface area contributed by atoms with Crippen molar-refractivity contribution in [1.82, 2.24) is 24.4 Å². The van der Waals surface area contributed by atoms with Gasteiger partial charge in [-0.1, -0.05) is 5.21 Å². The molecular weight excluding hydrogens is 224 g/mol. The van der Waals surface area contributed by atoms with Gasteiger partial charge in [0.15, 0.2) is 11.3 Å². The normalized spacial score (nSPS) is 15.3. The molecule has 8 nitrogen and oxygen atoms in total. The molecule has 88 valence electrons. The highest BCUT2D eigenvalue weighted by Gasteiger charge is 2.24. The standard InChI is InChI=1S/C9H10N6O2/c10-7(16)6-8-12-13-15(3-5-1-2-5)9(17)14(8)4-11-6/h4-5H,1-3H2,(H2,10,16). The van der Waals surface area contributed by atoms with E-state index in [2.05, 4.69) is 15.3 Å². The molecule has 8 heteroatoms. The van der Waals surface area contributed by atoms with Crippen molar-refractivity contribution in [2.45, 2.75) is 19.4 Å². The number of carbonyl (C=O) groups is 1. The summed E-state index contributed by atoms with van der Waals surface area (Å²) < 4.78 is 2.48. The van der Waals surface area contributed by atoms with E-state index < -0.39 is 5.91 Å². The Hall–Kier alpha value is -2.25. The molecule has 1 aliphatic carbocycles. The Morgan fingerprint density at radius 3 is 2.94 bits per heavy atom. The van der Waals surface area contributed by atoms with Gasteiger partial charge in [0.05, 0.1) is 6.54 Å². The van der Waals surface area contributed by atoms with Gasteiger partial charge in [-0.15, -0.1) is 5.10 Å². The third kappa shape index (κ3) is 1.57. The number of rotatable bonds is 3. The molecule has 0 atom stereocenters. The molecule has 3 rings (SSSR count). The number of amides is 1. The summed E-state index contributed by atoms with van der Waals surface area (Å²) in [5, 5.41) is 7.60. The number of aromatic nitrogens is 5. The van der Waals surface area contributed by atoms with Crippen LogP contribution in [0.3, 0.4) is 0 Å². The van der Waals surface area contributed by atoms with Gasteiger partial charge in [-0.2, -0.15) is 4.68 Å². The van der Waals surface area contributed by atoms with E-state index >= 15 is 0 Å². The third-order valence-electron chi connectivity index (χ3n) is 2.78. The van der Waals surface area contributed by atoms with Gasteiger partial charge in [-0.05, 0) is 18.8 Å². The highest BCUT2D eigenvalue weighted by Crippen LogP contribution is 2.29. The molecule has 0 saturated heterocycles. The minimum Gasteiger partial charge on any atom is -0.364 e.